The van der Waals surface area contributed by atoms with Crippen molar-refractivity contribution in [3.63, 3.8) is 0 Å². The SMILES string of the molecule is Cc1ccc(-c2oc(C(C(N)=O)c3c[nH]c4ccc(F)cc34)nc2C(=O)OCC2CC2)cc1C. The number of hydrogen-bond acceptors (Lipinski definition) is 5. The molecule has 0 radical (unpaired) electrons. The smallest absolute Gasteiger partial charge is 0.361 e. The summed E-state index contributed by atoms with van der Waals surface area (Å²) in [5, 5.41) is 0.479. The predicted molar refractivity (Wildman–Crippen MR) is 124 cm³/mol. The Balaban J connectivity index is 1.63. The summed E-state index contributed by atoms with van der Waals surface area (Å²) in [6.07, 6.45) is 3.63. The van der Waals surface area contributed by atoms with Gasteiger partial charge < -0.3 is 19.9 Å². The van der Waals surface area contributed by atoms with Crippen molar-refractivity contribution in [3.8, 4) is 11.3 Å². The fourth-order valence-electron chi connectivity index (χ4n) is 3.98. The van der Waals surface area contributed by atoms with Crippen molar-refractivity contribution < 1.29 is 23.1 Å². The summed E-state index contributed by atoms with van der Waals surface area (Å²) in [6.45, 7) is 4.25. The first-order chi connectivity index (χ1) is 16.3. The van der Waals surface area contributed by atoms with Gasteiger partial charge in [0.1, 0.15) is 11.7 Å². The quantitative estimate of drug-likeness (QED) is 0.385. The Hall–Kier alpha value is -3.94. The highest BCUT2D eigenvalue weighted by Crippen LogP contribution is 2.36. The van der Waals surface area contributed by atoms with E-state index < -0.39 is 23.6 Å². The van der Waals surface area contributed by atoms with Crippen LogP contribution < -0.4 is 5.73 Å². The maximum absolute atomic E-state index is 14.0. The summed E-state index contributed by atoms with van der Waals surface area (Å²) in [7, 11) is 0. The van der Waals surface area contributed by atoms with E-state index in [0.717, 1.165) is 24.0 Å². The minimum absolute atomic E-state index is 0.0174. The molecular weight excluding hydrogens is 437 g/mol. The Labute approximate surface area is 195 Å². The first-order valence-electron chi connectivity index (χ1n) is 11.1. The van der Waals surface area contributed by atoms with Crippen molar-refractivity contribution in [1.29, 1.82) is 0 Å². The Morgan fingerprint density at radius 3 is 2.71 bits per heavy atom. The second-order valence-electron chi connectivity index (χ2n) is 8.84. The molecule has 8 heteroatoms. The number of aromatic nitrogens is 2. The standard InChI is InChI=1S/C26H24FN3O4/c1-13-3-6-16(9-14(13)2)23-22(26(32)33-12-15-4-5-15)30-25(34-23)21(24(28)31)19-11-29-20-8-7-17(27)10-18(19)20/h3,6-11,15,21,29H,4-5,12H2,1-2H3,(H2,28,31). The number of H-pyrrole nitrogens is 1. The van der Waals surface area contributed by atoms with Gasteiger partial charge in [0.2, 0.25) is 11.8 Å². The predicted octanol–water partition coefficient (Wildman–Crippen LogP) is 4.76. The normalized spacial score (nSPS) is 14.3. The van der Waals surface area contributed by atoms with Crippen LogP contribution in [0.5, 0.6) is 0 Å². The molecule has 174 valence electrons. The molecule has 1 atom stereocenters. The fourth-order valence-corrected chi connectivity index (χ4v) is 3.98. The number of primary amides is 1. The molecule has 0 bridgehead atoms. The highest BCUT2D eigenvalue weighted by molar-refractivity contribution is 5.96. The van der Waals surface area contributed by atoms with Gasteiger partial charge in [0.05, 0.1) is 6.61 Å². The number of fused-ring (bicyclic) bond motifs is 1. The third kappa shape index (κ3) is 4.07. The van der Waals surface area contributed by atoms with Crippen LogP contribution in [0.25, 0.3) is 22.2 Å². The molecule has 4 aromatic rings. The molecule has 2 aromatic carbocycles. The Bertz CT molecular complexity index is 1420. The topological polar surface area (TPSA) is 111 Å². The summed E-state index contributed by atoms with van der Waals surface area (Å²) < 4.78 is 25.5. The Morgan fingerprint density at radius 1 is 1.21 bits per heavy atom. The van der Waals surface area contributed by atoms with Gasteiger partial charge >= 0.3 is 5.97 Å². The number of nitrogens with two attached hydrogens (primary N) is 1. The van der Waals surface area contributed by atoms with E-state index in [4.69, 9.17) is 14.9 Å². The van der Waals surface area contributed by atoms with Crippen molar-refractivity contribution in [2.24, 2.45) is 11.7 Å². The third-order valence-electron chi connectivity index (χ3n) is 6.27. The number of oxazole rings is 1. The van der Waals surface area contributed by atoms with Crippen LogP contribution in [0.3, 0.4) is 0 Å². The monoisotopic (exact) mass is 461 g/mol. The maximum Gasteiger partial charge on any atom is 0.361 e. The van der Waals surface area contributed by atoms with Gasteiger partial charge in [0.15, 0.2) is 11.5 Å². The molecule has 2 aromatic heterocycles. The van der Waals surface area contributed by atoms with Gasteiger partial charge in [-0.05, 0) is 73.6 Å². The van der Waals surface area contributed by atoms with Crippen molar-refractivity contribution in [1.82, 2.24) is 9.97 Å². The van der Waals surface area contributed by atoms with Gasteiger partial charge in [-0.3, -0.25) is 4.79 Å². The Morgan fingerprint density at radius 2 is 2.00 bits per heavy atom. The number of nitrogens with one attached hydrogen (secondary N) is 1. The van der Waals surface area contributed by atoms with Gasteiger partial charge in [-0.1, -0.05) is 12.1 Å². The first-order valence-corrected chi connectivity index (χ1v) is 11.1. The van der Waals surface area contributed by atoms with Crippen LogP contribution in [-0.2, 0) is 9.53 Å². The number of carbonyl (C=O) groups is 2. The van der Waals surface area contributed by atoms with Crippen LogP contribution in [0.15, 0.2) is 47.0 Å². The van der Waals surface area contributed by atoms with E-state index in [2.05, 4.69) is 9.97 Å². The molecule has 0 saturated heterocycles. The van der Waals surface area contributed by atoms with Crippen LogP contribution >= 0.6 is 0 Å². The average molecular weight is 461 g/mol. The zero-order chi connectivity index (χ0) is 24.0. The lowest BCUT2D eigenvalue weighted by molar-refractivity contribution is -0.118. The van der Waals surface area contributed by atoms with E-state index in [-0.39, 0.29) is 17.3 Å². The molecule has 1 aliphatic rings. The molecule has 34 heavy (non-hydrogen) atoms. The van der Waals surface area contributed by atoms with Gasteiger partial charge in [-0.25, -0.2) is 14.2 Å². The third-order valence-corrected chi connectivity index (χ3v) is 6.27. The summed E-state index contributed by atoms with van der Waals surface area (Å²) >= 11 is 0. The molecule has 1 saturated carbocycles. The van der Waals surface area contributed by atoms with Crippen LogP contribution in [0, 0.1) is 25.6 Å². The summed E-state index contributed by atoms with van der Waals surface area (Å²) in [5.74, 6) is -2.42. The molecule has 2 heterocycles. The molecule has 3 N–H and O–H groups in total. The Kier molecular flexibility index (Phi) is 5.43. The van der Waals surface area contributed by atoms with Crippen LogP contribution in [0.2, 0.25) is 0 Å². The largest absolute Gasteiger partial charge is 0.461 e. The van der Waals surface area contributed by atoms with Crippen molar-refractivity contribution in [3.05, 3.63) is 76.7 Å². The maximum atomic E-state index is 14.0. The summed E-state index contributed by atoms with van der Waals surface area (Å²) in [4.78, 5) is 32.9. The lowest BCUT2D eigenvalue weighted by Gasteiger charge is -2.09. The molecule has 0 spiro atoms. The first kappa shape index (κ1) is 21.9. The minimum atomic E-state index is -1.13. The van der Waals surface area contributed by atoms with E-state index in [1.165, 1.54) is 12.1 Å². The second kappa shape index (κ2) is 8.44. The number of carbonyl (C=O) groups excluding carboxylic acids is 2. The number of ether oxygens (including phenoxy) is 1. The average Bonchev–Trinajstić information content (AvgIpc) is 3.40. The number of nitrogens with zero attached hydrogens (tertiary/aromatic N) is 1. The van der Waals surface area contributed by atoms with Crippen LogP contribution in [0.4, 0.5) is 4.39 Å². The van der Waals surface area contributed by atoms with E-state index >= 15 is 0 Å². The minimum Gasteiger partial charge on any atom is -0.461 e. The lowest BCUT2D eigenvalue weighted by atomic mass is 9.97. The number of esters is 1. The number of aromatic amines is 1. The number of halogens is 1. The number of amides is 1. The van der Waals surface area contributed by atoms with E-state index in [0.29, 0.717) is 34.6 Å². The van der Waals surface area contributed by atoms with Crippen molar-refractivity contribution in [2.75, 3.05) is 6.61 Å². The highest BCUT2D eigenvalue weighted by Gasteiger charge is 2.33. The molecule has 0 aliphatic heterocycles. The van der Waals surface area contributed by atoms with Gasteiger partial charge in [0, 0.05) is 22.7 Å². The molecule has 7 nitrogen and oxygen atoms in total. The molecule has 5 rings (SSSR count). The second-order valence-corrected chi connectivity index (χ2v) is 8.84. The number of benzene rings is 2. The molecular formula is C26H24FN3O4. The molecule has 1 amide bonds. The summed E-state index contributed by atoms with van der Waals surface area (Å²) in [6, 6.07) is 9.83. The zero-order valence-corrected chi connectivity index (χ0v) is 18.9. The van der Waals surface area contributed by atoms with E-state index in [9.17, 15) is 14.0 Å². The highest BCUT2D eigenvalue weighted by atomic mass is 19.1. The van der Waals surface area contributed by atoms with Crippen LogP contribution in [0.1, 0.15) is 51.8 Å². The van der Waals surface area contributed by atoms with Gasteiger partial charge in [-0.15, -0.1) is 0 Å². The number of hydrogen-bond donors (Lipinski definition) is 2. The van der Waals surface area contributed by atoms with Crippen LogP contribution in [-0.4, -0.2) is 28.5 Å². The van der Waals surface area contributed by atoms with Gasteiger partial charge in [-0.2, -0.15) is 0 Å². The molecule has 1 fully saturated rings. The number of aryl methyl sites for hydroxylation is 2. The molecule has 1 aliphatic carbocycles. The van der Waals surface area contributed by atoms with Gasteiger partial charge in [0.25, 0.3) is 0 Å². The fraction of sp³-hybridized carbons (Fsp3) is 0.269. The summed E-state index contributed by atoms with van der Waals surface area (Å²) in [5.41, 5.74) is 9.50. The molecule has 1 unspecified atom stereocenters. The zero-order valence-electron chi connectivity index (χ0n) is 18.9. The van der Waals surface area contributed by atoms with E-state index in [1.807, 2.05) is 32.0 Å². The van der Waals surface area contributed by atoms with Crippen molar-refractivity contribution >= 4 is 22.8 Å². The van der Waals surface area contributed by atoms with Crippen molar-refractivity contribution in [2.45, 2.75) is 32.6 Å². The lowest BCUT2D eigenvalue weighted by Crippen LogP contribution is -2.22. The number of rotatable bonds is 7. The van der Waals surface area contributed by atoms with E-state index in [1.54, 1.807) is 12.3 Å².